The van der Waals surface area contributed by atoms with Gasteiger partial charge in [-0.15, -0.1) is 0 Å². The second kappa shape index (κ2) is 10.8. The van der Waals surface area contributed by atoms with Crippen molar-refractivity contribution in [2.75, 3.05) is 49.3 Å². The zero-order valence-electron chi connectivity index (χ0n) is 21.9. The fourth-order valence-corrected chi connectivity index (χ4v) is 5.01. The summed E-state index contributed by atoms with van der Waals surface area (Å²) in [4.78, 5) is 37.3. The molecule has 1 aromatic heterocycles. The molecule has 3 aromatic carbocycles. The van der Waals surface area contributed by atoms with E-state index in [1.165, 1.54) is 0 Å². The second-order valence-corrected chi connectivity index (χ2v) is 9.78. The average molecular weight is 526 g/mol. The number of benzene rings is 3. The van der Waals surface area contributed by atoms with Crippen LogP contribution in [0.1, 0.15) is 29.3 Å². The lowest BCUT2D eigenvalue weighted by Crippen LogP contribution is -2.36. The third-order valence-corrected chi connectivity index (χ3v) is 7.12. The number of rotatable bonds is 8. The van der Waals surface area contributed by atoms with Gasteiger partial charge in [0.05, 0.1) is 30.8 Å². The maximum Gasteiger partial charge on any atom is 0.258 e. The molecule has 4 aromatic rings. The van der Waals surface area contributed by atoms with Crippen LogP contribution in [0.2, 0.25) is 0 Å². The second-order valence-electron chi connectivity index (χ2n) is 9.78. The minimum absolute atomic E-state index is 0.0107. The number of carbonyl (C=O) groups excluding carboxylic acids is 2. The number of amides is 2. The van der Waals surface area contributed by atoms with E-state index >= 15 is 0 Å². The first kappa shape index (κ1) is 24.9. The number of nitrogens with one attached hydrogen (secondary N) is 2. The summed E-state index contributed by atoms with van der Waals surface area (Å²) in [6.07, 6.45) is 0.887. The van der Waals surface area contributed by atoms with Crippen LogP contribution < -0.4 is 19.9 Å². The molecule has 0 radical (unpaired) electrons. The van der Waals surface area contributed by atoms with Crippen molar-refractivity contribution in [2.24, 2.45) is 0 Å². The lowest BCUT2D eigenvalue weighted by Gasteiger charge is -2.29. The number of H-pyrrole nitrogens is 1. The van der Waals surface area contributed by atoms with E-state index in [9.17, 15) is 9.59 Å². The molecule has 0 unspecified atom stereocenters. The Balaban J connectivity index is 1.16. The number of ether oxygens (including phenoxy) is 2. The molecule has 2 N–H and O–H groups in total. The molecule has 0 aliphatic carbocycles. The van der Waals surface area contributed by atoms with E-state index in [0.717, 1.165) is 77.6 Å². The Labute approximate surface area is 226 Å². The molecule has 0 bridgehead atoms. The molecule has 0 spiro atoms. The van der Waals surface area contributed by atoms with E-state index in [2.05, 4.69) is 21.3 Å². The lowest BCUT2D eigenvalue weighted by atomic mass is 10.1. The summed E-state index contributed by atoms with van der Waals surface area (Å²) in [5.41, 5.74) is 6.33. The van der Waals surface area contributed by atoms with Gasteiger partial charge in [-0.1, -0.05) is 6.92 Å². The van der Waals surface area contributed by atoms with Crippen LogP contribution >= 0.6 is 0 Å². The molecule has 9 heteroatoms. The molecule has 6 rings (SSSR count). The highest BCUT2D eigenvalue weighted by atomic mass is 16.5. The van der Waals surface area contributed by atoms with Crippen LogP contribution in [-0.2, 0) is 16.1 Å². The van der Waals surface area contributed by atoms with E-state index in [-0.39, 0.29) is 18.4 Å². The highest BCUT2D eigenvalue weighted by Gasteiger charge is 2.29. The van der Waals surface area contributed by atoms with Gasteiger partial charge in [-0.05, 0) is 72.6 Å². The quantitative estimate of drug-likeness (QED) is 0.359. The molecule has 9 nitrogen and oxygen atoms in total. The van der Waals surface area contributed by atoms with Crippen LogP contribution in [0.15, 0.2) is 60.7 Å². The van der Waals surface area contributed by atoms with Crippen molar-refractivity contribution in [1.29, 1.82) is 0 Å². The molecule has 0 saturated carbocycles. The van der Waals surface area contributed by atoms with Gasteiger partial charge in [-0.3, -0.25) is 9.59 Å². The molecule has 39 heavy (non-hydrogen) atoms. The molecule has 1 fully saturated rings. The number of hydrogen-bond donors (Lipinski definition) is 2. The Bertz CT molecular complexity index is 1510. The van der Waals surface area contributed by atoms with E-state index in [1.807, 2.05) is 66.4 Å². The summed E-state index contributed by atoms with van der Waals surface area (Å²) >= 11 is 0. The van der Waals surface area contributed by atoms with Crippen molar-refractivity contribution < 1.29 is 19.1 Å². The van der Waals surface area contributed by atoms with E-state index in [4.69, 9.17) is 14.5 Å². The van der Waals surface area contributed by atoms with E-state index in [0.29, 0.717) is 18.8 Å². The first-order valence-electron chi connectivity index (χ1n) is 13.4. The maximum atomic E-state index is 13.3. The summed E-state index contributed by atoms with van der Waals surface area (Å²) in [7, 11) is 0. The van der Waals surface area contributed by atoms with Crippen LogP contribution in [0.3, 0.4) is 0 Å². The highest BCUT2D eigenvalue weighted by Crippen LogP contribution is 2.33. The fraction of sp³-hybridized carbons (Fsp3) is 0.300. The number of nitrogens with zero attached hydrogens (tertiary/aromatic N) is 3. The molecule has 2 amide bonds. The zero-order valence-corrected chi connectivity index (χ0v) is 21.9. The molecule has 2 aliphatic heterocycles. The topological polar surface area (TPSA) is 99.8 Å². The first-order valence-corrected chi connectivity index (χ1v) is 13.4. The normalized spacial score (nSPS) is 15.1. The van der Waals surface area contributed by atoms with Gasteiger partial charge >= 0.3 is 0 Å². The number of carbonyl (C=O) groups is 2. The molecule has 0 atom stereocenters. The van der Waals surface area contributed by atoms with Crippen LogP contribution in [0.5, 0.6) is 5.75 Å². The van der Waals surface area contributed by atoms with Crippen molar-refractivity contribution in [3.63, 3.8) is 0 Å². The standard InChI is InChI=1S/C30H31N5O4/c1-2-11-31-28(36)19-39-24-7-3-20(4-8-24)29-32-26-10-6-23(17-27(26)33-29)35-18-21-16-22(5-9-25(21)30(35)37)34-12-14-38-15-13-34/h3-10,16-17H,2,11-15,18-19H2,1H3,(H,31,36)(H,32,33). The first-order chi connectivity index (χ1) is 19.1. The maximum absolute atomic E-state index is 13.3. The van der Waals surface area contributed by atoms with Gasteiger partial charge in [-0.25, -0.2) is 4.98 Å². The van der Waals surface area contributed by atoms with Crippen molar-refractivity contribution in [3.8, 4) is 17.1 Å². The van der Waals surface area contributed by atoms with Crippen LogP contribution in [0.4, 0.5) is 11.4 Å². The predicted molar refractivity (Wildman–Crippen MR) is 150 cm³/mol. The summed E-state index contributed by atoms with van der Waals surface area (Å²) in [5, 5.41) is 2.79. The lowest BCUT2D eigenvalue weighted by molar-refractivity contribution is -0.123. The molecule has 1 saturated heterocycles. The van der Waals surface area contributed by atoms with Gasteiger partial charge in [0.25, 0.3) is 11.8 Å². The van der Waals surface area contributed by atoms with Gasteiger partial charge in [0.15, 0.2) is 6.61 Å². The SMILES string of the molecule is CCCNC(=O)COc1ccc(-c2nc3ccc(N4Cc5cc(N6CCOCC6)ccc5C4=O)cc3[nH]2)cc1. The smallest absolute Gasteiger partial charge is 0.258 e. The highest BCUT2D eigenvalue weighted by molar-refractivity contribution is 6.10. The Morgan fingerprint density at radius 1 is 1.05 bits per heavy atom. The largest absolute Gasteiger partial charge is 0.484 e. The average Bonchev–Trinajstić information content (AvgIpc) is 3.56. The van der Waals surface area contributed by atoms with E-state index in [1.54, 1.807) is 0 Å². The van der Waals surface area contributed by atoms with Crippen LogP contribution in [-0.4, -0.2) is 61.2 Å². The van der Waals surface area contributed by atoms with Crippen molar-refractivity contribution in [3.05, 3.63) is 71.8 Å². The zero-order chi connectivity index (χ0) is 26.8. The monoisotopic (exact) mass is 525 g/mol. The van der Waals surface area contributed by atoms with Crippen LogP contribution in [0, 0.1) is 0 Å². The summed E-state index contributed by atoms with van der Waals surface area (Å²) in [6, 6.07) is 19.4. The number of anilines is 2. The van der Waals surface area contributed by atoms with Crippen LogP contribution in [0.25, 0.3) is 22.4 Å². The van der Waals surface area contributed by atoms with Gasteiger partial charge in [0, 0.05) is 42.1 Å². The van der Waals surface area contributed by atoms with Gasteiger partial charge < -0.3 is 29.6 Å². The fourth-order valence-electron chi connectivity index (χ4n) is 5.01. The minimum atomic E-state index is -0.133. The summed E-state index contributed by atoms with van der Waals surface area (Å²) < 4.78 is 11.1. The van der Waals surface area contributed by atoms with E-state index < -0.39 is 0 Å². The third kappa shape index (κ3) is 5.18. The predicted octanol–water partition coefficient (Wildman–Crippen LogP) is 4.13. The molecular formula is C30H31N5O4. The molecule has 200 valence electrons. The molecule has 2 aliphatic rings. The number of hydrogen-bond acceptors (Lipinski definition) is 6. The van der Waals surface area contributed by atoms with Crippen molar-refractivity contribution in [1.82, 2.24) is 15.3 Å². The number of aromatic amines is 1. The Morgan fingerprint density at radius 2 is 1.85 bits per heavy atom. The van der Waals surface area contributed by atoms with Gasteiger partial charge in [0.2, 0.25) is 0 Å². The number of aromatic nitrogens is 2. The molecular weight excluding hydrogens is 494 g/mol. The number of morpholine rings is 1. The van der Waals surface area contributed by atoms with Crippen molar-refractivity contribution >= 4 is 34.2 Å². The summed E-state index contributed by atoms with van der Waals surface area (Å²) in [5.74, 6) is 1.22. The minimum Gasteiger partial charge on any atom is -0.484 e. The van der Waals surface area contributed by atoms with Gasteiger partial charge in [0.1, 0.15) is 11.6 Å². The summed E-state index contributed by atoms with van der Waals surface area (Å²) in [6.45, 7) is 6.35. The number of imidazole rings is 1. The Morgan fingerprint density at radius 3 is 2.64 bits per heavy atom. The third-order valence-electron chi connectivity index (χ3n) is 7.12. The Kier molecular flexibility index (Phi) is 6.89. The van der Waals surface area contributed by atoms with Crippen molar-refractivity contribution in [2.45, 2.75) is 19.9 Å². The van der Waals surface area contributed by atoms with Gasteiger partial charge in [-0.2, -0.15) is 0 Å². The number of fused-ring (bicyclic) bond motifs is 2. The molecule has 3 heterocycles. The Hall–Kier alpha value is -4.37.